The molecule has 1 aliphatic heterocycles. The van der Waals surface area contributed by atoms with E-state index >= 15 is 0 Å². The summed E-state index contributed by atoms with van der Waals surface area (Å²) >= 11 is 0. The lowest BCUT2D eigenvalue weighted by Gasteiger charge is -2.28. The van der Waals surface area contributed by atoms with Gasteiger partial charge in [-0.05, 0) is 31.2 Å². The number of piperazine rings is 1. The maximum Gasteiger partial charge on any atom is 0.0107 e. The second kappa shape index (κ2) is 6.49. The van der Waals surface area contributed by atoms with E-state index in [1.165, 1.54) is 58.4 Å². The summed E-state index contributed by atoms with van der Waals surface area (Å²) in [5.74, 6) is 0. The molecule has 90 valence electrons. The van der Waals surface area contributed by atoms with Gasteiger partial charge >= 0.3 is 0 Å². The van der Waals surface area contributed by atoms with Crippen molar-refractivity contribution in [2.45, 2.75) is 46.5 Å². The number of rotatable bonds is 4. The molecule has 0 radical (unpaired) electrons. The van der Waals surface area contributed by atoms with Crippen molar-refractivity contribution in [1.82, 2.24) is 10.2 Å². The third-order valence-electron chi connectivity index (χ3n) is 3.88. The fraction of sp³-hybridized carbons (Fsp3) is 1.00. The Labute approximate surface area is 95.4 Å². The summed E-state index contributed by atoms with van der Waals surface area (Å²) in [6.45, 7) is 12.6. The highest BCUT2D eigenvalue weighted by molar-refractivity contribution is 4.92. The summed E-state index contributed by atoms with van der Waals surface area (Å²) in [5.41, 5.74) is 0.783. The number of nitrogens with zero attached hydrogens (tertiary/aromatic N) is 1. The fourth-order valence-corrected chi connectivity index (χ4v) is 2.29. The van der Waals surface area contributed by atoms with E-state index in [2.05, 4.69) is 17.1 Å². The van der Waals surface area contributed by atoms with Crippen molar-refractivity contribution in [2.24, 2.45) is 5.41 Å². The average molecular weight is 212 g/mol. The molecule has 0 aromatic heterocycles. The Hall–Kier alpha value is -0.0800. The van der Waals surface area contributed by atoms with Gasteiger partial charge in [0.15, 0.2) is 0 Å². The molecule has 0 aromatic carbocycles. The molecule has 1 aliphatic carbocycles. The van der Waals surface area contributed by atoms with Crippen molar-refractivity contribution in [2.75, 3.05) is 32.7 Å². The second-order valence-corrected chi connectivity index (χ2v) is 4.70. The predicted octanol–water partition coefficient (Wildman–Crippen LogP) is 2.50. The standard InChI is InChI=1S/C11H22N2.C2H6/c1-2-11(3-4-11)5-8-13-9-6-12-7-10-13;1-2/h12H,2-10H2,1H3;1-2H3. The third kappa shape index (κ3) is 4.12. The summed E-state index contributed by atoms with van der Waals surface area (Å²) in [4.78, 5) is 2.62. The van der Waals surface area contributed by atoms with Crippen LogP contribution < -0.4 is 5.32 Å². The van der Waals surface area contributed by atoms with Crippen molar-refractivity contribution in [3.8, 4) is 0 Å². The Morgan fingerprint density at radius 1 is 1.13 bits per heavy atom. The molecule has 0 bridgehead atoms. The number of hydrogen-bond donors (Lipinski definition) is 1. The highest BCUT2D eigenvalue weighted by atomic mass is 15.2. The van der Waals surface area contributed by atoms with Crippen molar-refractivity contribution in [1.29, 1.82) is 0 Å². The Morgan fingerprint density at radius 3 is 2.20 bits per heavy atom. The van der Waals surface area contributed by atoms with E-state index < -0.39 is 0 Å². The first-order valence-corrected chi connectivity index (χ1v) is 6.78. The Balaban J connectivity index is 0.000000531. The molecule has 0 aromatic rings. The molecule has 2 fully saturated rings. The number of nitrogens with one attached hydrogen (secondary N) is 1. The van der Waals surface area contributed by atoms with Crippen LogP contribution in [0, 0.1) is 5.41 Å². The first-order chi connectivity index (χ1) is 7.35. The second-order valence-electron chi connectivity index (χ2n) is 4.70. The van der Waals surface area contributed by atoms with Crippen molar-refractivity contribution >= 4 is 0 Å². The lowest BCUT2D eigenvalue weighted by Crippen LogP contribution is -2.44. The molecule has 1 saturated heterocycles. The van der Waals surface area contributed by atoms with Crippen molar-refractivity contribution in [3.05, 3.63) is 0 Å². The molecule has 0 amide bonds. The van der Waals surface area contributed by atoms with Crippen LogP contribution in [0.25, 0.3) is 0 Å². The Kier molecular flexibility index (Phi) is 5.62. The van der Waals surface area contributed by atoms with Gasteiger partial charge in [-0.15, -0.1) is 0 Å². The highest BCUT2D eigenvalue weighted by Gasteiger charge is 2.40. The summed E-state index contributed by atoms with van der Waals surface area (Å²) in [6.07, 6.45) is 5.84. The SMILES string of the molecule is CC.CCC1(CCN2CCNCC2)CC1. The van der Waals surface area contributed by atoms with E-state index in [-0.39, 0.29) is 0 Å². The van der Waals surface area contributed by atoms with Crippen LogP contribution in [0.3, 0.4) is 0 Å². The minimum absolute atomic E-state index is 0.783. The Morgan fingerprint density at radius 2 is 1.73 bits per heavy atom. The normalized spacial score (nSPS) is 24.2. The molecule has 0 spiro atoms. The molecule has 2 aliphatic rings. The largest absolute Gasteiger partial charge is 0.314 e. The van der Waals surface area contributed by atoms with Gasteiger partial charge in [0.05, 0.1) is 0 Å². The van der Waals surface area contributed by atoms with Gasteiger partial charge in [0.25, 0.3) is 0 Å². The van der Waals surface area contributed by atoms with Gasteiger partial charge in [-0.25, -0.2) is 0 Å². The molecule has 1 heterocycles. The maximum atomic E-state index is 3.40. The van der Waals surface area contributed by atoms with Gasteiger partial charge in [0.2, 0.25) is 0 Å². The van der Waals surface area contributed by atoms with Crippen LogP contribution in [0.2, 0.25) is 0 Å². The van der Waals surface area contributed by atoms with E-state index in [9.17, 15) is 0 Å². The molecular weight excluding hydrogens is 184 g/mol. The van der Waals surface area contributed by atoms with Crippen LogP contribution in [0.4, 0.5) is 0 Å². The van der Waals surface area contributed by atoms with Crippen molar-refractivity contribution < 1.29 is 0 Å². The van der Waals surface area contributed by atoms with Gasteiger partial charge in [-0.1, -0.05) is 27.2 Å². The zero-order valence-electron chi connectivity index (χ0n) is 10.8. The lowest BCUT2D eigenvalue weighted by molar-refractivity contribution is 0.217. The van der Waals surface area contributed by atoms with Crippen LogP contribution in [0.5, 0.6) is 0 Å². The fourth-order valence-electron chi connectivity index (χ4n) is 2.29. The van der Waals surface area contributed by atoms with Crippen LogP contribution in [-0.4, -0.2) is 37.6 Å². The van der Waals surface area contributed by atoms with Crippen LogP contribution >= 0.6 is 0 Å². The number of hydrogen-bond acceptors (Lipinski definition) is 2. The molecule has 15 heavy (non-hydrogen) atoms. The molecule has 2 nitrogen and oxygen atoms in total. The van der Waals surface area contributed by atoms with E-state index in [0.717, 1.165) is 5.41 Å². The predicted molar refractivity (Wildman–Crippen MR) is 67.2 cm³/mol. The van der Waals surface area contributed by atoms with Gasteiger partial charge < -0.3 is 10.2 Å². The Bertz CT molecular complexity index is 158. The summed E-state index contributed by atoms with van der Waals surface area (Å²) in [5, 5.41) is 3.40. The minimum Gasteiger partial charge on any atom is -0.314 e. The van der Waals surface area contributed by atoms with Crippen LogP contribution in [0.1, 0.15) is 46.5 Å². The maximum absolute atomic E-state index is 3.40. The molecule has 2 rings (SSSR count). The first kappa shape index (κ1) is 13.0. The highest BCUT2D eigenvalue weighted by Crippen LogP contribution is 2.51. The zero-order valence-corrected chi connectivity index (χ0v) is 10.8. The first-order valence-electron chi connectivity index (χ1n) is 6.78. The summed E-state index contributed by atoms with van der Waals surface area (Å²) in [7, 11) is 0. The zero-order chi connectivity index (χ0) is 11.1. The molecule has 0 atom stereocenters. The molecule has 1 N–H and O–H groups in total. The van der Waals surface area contributed by atoms with Crippen molar-refractivity contribution in [3.63, 3.8) is 0 Å². The van der Waals surface area contributed by atoms with E-state index in [1.807, 2.05) is 13.8 Å². The van der Waals surface area contributed by atoms with E-state index in [1.54, 1.807) is 0 Å². The van der Waals surface area contributed by atoms with E-state index in [0.29, 0.717) is 0 Å². The third-order valence-corrected chi connectivity index (χ3v) is 3.88. The minimum atomic E-state index is 0.783. The summed E-state index contributed by atoms with van der Waals surface area (Å²) in [6, 6.07) is 0. The van der Waals surface area contributed by atoms with Gasteiger partial charge in [0, 0.05) is 26.2 Å². The summed E-state index contributed by atoms with van der Waals surface area (Å²) < 4.78 is 0. The monoisotopic (exact) mass is 212 g/mol. The van der Waals surface area contributed by atoms with Gasteiger partial charge in [-0.2, -0.15) is 0 Å². The smallest absolute Gasteiger partial charge is 0.0107 e. The van der Waals surface area contributed by atoms with E-state index in [4.69, 9.17) is 0 Å². The van der Waals surface area contributed by atoms with Gasteiger partial charge in [-0.3, -0.25) is 0 Å². The molecule has 0 unspecified atom stereocenters. The molecular formula is C13H28N2. The topological polar surface area (TPSA) is 15.3 Å². The molecule has 2 heteroatoms. The quantitative estimate of drug-likeness (QED) is 0.770. The van der Waals surface area contributed by atoms with Crippen LogP contribution in [-0.2, 0) is 0 Å². The molecule has 1 saturated carbocycles. The lowest BCUT2D eigenvalue weighted by atomic mass is 9.99. The average Bonchev–Trinajstić information content (AvgIpc) is 3.11. The van der Waals surface area contributed by atoms with Crippen LogP contribution in [0.15, 0.2) is 0 Å². The van der Waals surface area contributed by atoms with Gasteiger partial charge in [0.1, 0.15) is 0 Å².